The Balaban J connectivity index is 1.99. The maximum Gasteiger partial charge on any atom is 0.317 e. The van der Waals surface area contributed by atoms with Crippen molar-refractivity contribution in [1.82, 2.24) is 5.32 Å². The number of nitrogens with one attached hydrogen (secondary N) is 1. The summed E-state index contributed by atoms with van der Waals surface area (Å²) in [6.07, 6.45) is 0. The molecule has 0 aliphatic rings. The molecule has 0 aliphatic carbocycles. The highest BCUT2D eigenvalue weighted by Crippen LogP contribution is 2.25. The minimum atomic E-state index is -0.829. The third-order valence-electron chi connectivity index (χ3n) is 2.34. The third kappa shape index (κ3) is 3.41. The van der Waals surface area contributed by atoms with E-state index in [1.54, 1.807) is 11.3 Å². The smallest absolute Gasteiger partial charge is 0.317 e. The highest BCUT2D eigenvalue weighted by molar-refractivity contribution is 7.10. The Morgan fingerprint density at radius 2 is 2.00 bits per heavy atom. The molecule has 2 rings (SSSR count). The fraction of sp³-hybridized carbons (Fsp3) is 0.154. The molecule has 88 valence electrons. The van der Waals surface area contributed by atoms with Gasteiger partial charge in [0.25, 0.3) is 0 Å². The zero-order chi connectivity index (χ0) is 12.1. The summed E-state index contributed by atoms with van der Waals surface area (Å²) >= 11 is 1.64. The molecule has 0 amide bonds. The SMILES string of the molecule is O=C(O)CNCc1cc(-c2ccccc2)cs1. The minimum Gasteiger partial charge on any atom is -0.480 e. The van der Waals surface area contributed by atoms with Crippen LogP contribution < -0.4 is 5.32 Å². The van der Waals surface area contributed by atoms with E-state index in [1.165, 1.54) is 11.1 Å². The standard InChI is InChI=1S/C13H13NO2S/c15-13(16)8-14-7-12-6-11(9-17-12)10-4-2-1-3-5-10/h1-6,9,14H,7-8H2,(H,15,16). The molecule has 0 unspecified atom stereocenters. The van der Waals surface area contributed by atoms with Crippen LogP contribution in [0, 0.1) is 0 Å². The van der Waals surface area contributed by atoms with Gasteiger partial charge in [0, 0.05) is 11.4 Å². The number of hydrogen-bond acceptors (Lipinski definition) is 3. The van der Waals surface area contributed by atoms with Gasteiger partial charge in [-0.15, -0.1) is 11.3 Å². The summed E-state index contributed by atoms with van der Waals surface area (Å²) in [6, 6.07) is 12.2. The van der Waals surface area contributed by atoms with Gasteiger partial charge in [-0.3, -0.25) is 4.79 Å². The first-order chi connectivity index (χ1) is 8.25. The highest BCUT2D eigenvalue weighted by atomic mass is 32.1. The number of carboxylic acids is 1. The fourth-order valence-electron chi connectivity index (χ4n) is 1.55. The predicted octanol–water partition coefficient (Wildman–Crippen LogP) is 2.59. The monoisotopic (exact) mass is 247 g/mol. The van der Waals surface area contributed by atoms with Gasteiger partial charge in [-0.05, 0) is 22.6 Å². The first-order valence-corrected chi connectivity index (χ1v) is 6.19. The van der Waals surface area contributed by atoms with Crippen molar-refractivity contribution in [2.45, 2.75) is 6.54 Å². The van der Waals surface area contributed by atoms with E-state index in [-0.39, 0.29) is 6.54 Å². The summed E-state index contributed by atoms with van der Waals surface area (Å²) in [5.41, 5.74) is 2.37. The van der Waals surface area contributed by atoms with Crippen LogP contribution in [-0.4, -0.2) is 17.6 Å². The van der Waals surface area contributed by atoms with Crippen LogP contribution in [0.25, 0.3) is 11.1 Å². The van der Waals surface area contributed by atoms with Crippen LogP contribution in [0.15, 0.2) is 41.8 Å². The molecule has 0 atom stereocenters. The lowest BCUT2D eigenvalue weighted by Crippen LogP contribution is -2.21. The van der Waals surface area contributed by atoms with Crippen LogP contribution >= 0.6 is 11.3 Å². The molecule has 2 N–H and O–H groups in total. The second-order valence-corrected chi connectivity index (χ2v) is 4.66. The van der Waals surface area contributed by atoms with E-state index in [4.69, 9.17) is 5.11 Å². The fourth-order valence-corrected chi connectivity index (χ4v) is 2.41. The quantitative estimate of drug-likeness (QED) is 0.853. The van der Waals surface area contributed by atoms with E-state index in [2.05, 4.69) is 28.9 Å². The van der Waals surface area contributed by atoms with Crippen molar-refractivity contribution in [3.63, 3.8) is 0 Å². The van der Waals surface area contributed by atoms with Gasteiger partial charge in [0.1, 0.15) is 0 Å². The van der Waals surface area contributed by atoms with Crippen molar-refractivity contribution in [3.05, 3.63) is 46.7 Å². The molecule has 0 radical (unpaired) electrons. The first kappa shape index (κ1) is 11.8. The van der Waals surface area contributed by atoms with Crippen LogP contribution in [0.1, 0.15) is 4.88 Å². The molecule has 0 saturated carbocycles. The van der Waals surface area contributed by atoms with Crippen molar-refractivity contribution in [1.29, 1.82) is 0 Å². The molecule has 0 spiro atoms. The molecule has 0 fully saturated rings. The normalized spacial score (nSPS) is 10.4. The van der Waals surface area contributed by atoms with Crippen LogP contribution in [0.2, 0.25) is 0 Å². The number of carbonyl (C=O) groups is 1. The number of thiophene rings is 1. The van der Waals surface area contributed by atoms with E-state index in [9.17, 15) is 4.79 Å². The maximum atomic E-state index is 10.4. The lowest BCUT2D eigenvalue weighted by molar-refractivity contribution is -0.135. The predicted molar refractivity (Wildman–Crippen MR) is 69.1 cm³/mol. The van der Waals surface area contributed by atoms with Gasteiger partial charge in [-0.2, -0.15) is 0 Å². The Kier molecular flexibility index (Phi) is 3.90. The van der Waals surface area contributed by atoms with Crippen molar-refractivity contribution in [3.8, 4) is 11.1 Å². The first-order valence-electron chi connectivity index (χ1n) is 5.31. The number of rotatable bonds is 5. The van der Waals surface area contributed by atoms with Crippen LogP contribution in [0.3, 0.4) is 0 Å². The summed E-state index contributed by atoms with van der Waals surface area (Å²) in [6.45, 7) is 0.600. The molecule has 1 heterocycles. The van der Waals surface area contributed by atoms with Gasteiger partial charge >= 0.3 is 5.97 Å². The molecule has 1 aromatic heterocycles. The summed E-state index contributed by atoms with van der Waals surface area (Å²) in [5, 5.41) is 13.5. The minimum absolute atomic E-state index is 0.00142. The van der Waals surface area contributed by atoms with Crippen LogP contribution in [-0.2, 0) is 11.3 Å². The van der Waals surface area contributed by atoms with Gasteiger partial charge in [0.05, 0.1) is 6.54 Å². The van der Waals surface area contributed by atoms with Gasteiger partial charge in [-0.25, -0.2) is 0 Å². The zero-order valence-electron chi connectivity index (χ0n) is 9.22. The number of benzene rings is 1. The molecule has 1 aromatic carbocycles. The summed E-state index contributed by atoms with van der Waals surface area (Å²) in [7, 11) is 0. The van der Waals surface area contributed by atoms with Crippen LogP contribution in [0.5, 0.6) is 0 Å². The largest absolute Gasteiger partial charge is 0.480 e. The summed E-state index contributed by atoms with van der Waals surface area (Å²) < 4.78 is 0. The molecule has 4 heteroatoms. The number of carboxylic acid groups (broad SMARTS) is 1. The highest BCUT2D eigenvalue weighted by Gasteiger charge is 2.02. The Morgan fingerprint density at radius 1 is 1.24 bits per heavy atom. The molecule has 0 aliphatic heterocycles. The molecule has 3 nitrogen and oxygen atoms in total. The topological polar surface area (TPSA) is 49.3 Å². The van der Waals surface area contributed by atoms with E-state index in [1.807, 2.05) is 18.2 Å². The van der Waals surface area contributed by atoms with Gasteiger partial charge in [0.2, 0.25) is 0 Å². The molecular weight excluding hydrogens is 234 g/mol. The maximum absolute atomic E-state index is 10.4. The summed E-state index contributed by atoms with van der Waals surface area (Å²) in [5.74, 6) is -0.829. The molecule has 0 bridgehead atoms. The Morgan fingerprint density at radius 3 is 2.71 bits per heavy atom. The van der Waals surface area contributed by atoms with E-state index >= 15 is 0 Å². The van der Waals surface area contributed by atoms with Crippen molar-refractivity contribution in [2.24, 2.45) is 0 Å². The van der Waals surface area contributed by atoms with Gasteiger partial charge < -0.3 is 10.4 Å². The summed E-state index contributed by atoms with van der Waals surface area (Å²) in [4.78, 5) is 11.5. The second kappa shape index (κ2) is 5.61. The van der Waals surface area contributed by atoms with E-state index < -0.39 is 5.97 Å². The molecule has 0 saturated heterocycles. The van der Waals surface area contributed by atoms with Gasteiger partial charge in [-0.1, -0.05) is 30.3 Å². The van der Waals surface area contributed by atoms with Crippen LogP contribution in [0.4, 0.5) is 0 Å². The van der Waals surface area contributed by atoms with Crippen molar-refractivity contribution < 1.29 is 9.90 Å². The third-order valence-corrected chi connectivity index (χ3v) is 3.27. The van der Waals surface area contributed by atoms with Gasteiger partial charge in [0.15, 0.2) is 0 Å². The Labute approximate surface area is 104 Å². The van der Waals surface area contributed by atoms with E-state index in [0.29, 0.717) is 6.54 Å². The number of aliphatic carboxylic acids is 1. The Hall–Kier alpha value is -1.65. The Bertz CT molecular complexity index is 493. The number of hydrogen-bond donors (Lipinski definition) is 2. The van der Waals surface area contributed by atoms with Crippen molar-refractivity contribution in [2.75, 3.05) is 6.54 Å². The average Bonchev–Trinajstić information content (AvgIpc) is 2.78. The van der Waals surface area contributed by atoms with Crippen molar-refractivity contribution >= 4 is 17.3 Å². The second-order valence-electron chi connectivity index (χ2n) is 3.67. The lowest BCUT2D eigenvalue weighted by atomic mass is 10.1. The van der Waals surface area contributed by atoms with E-state index in [0.717, 1.165) is 4.88 Å². The average molecular weight is 247 g/mol. The molecule has 17 heavy (non-hydrogen) atoms. The lowest BCUT2D eigenvalue weighted by Gasteiger charge is -1.98. The zero-order valence-corrected chi connectivity index (χ0v) is 10.0. The molecular formula is C13H13NO2S. The molecule has 2 aromatic rings.